The Morgan fingerprint density at radius 2 is 2.00 bits per heavy atom. The van der Waals surface area contributed by atoms with Crippen LogP contribution < -0.4 is 5.32 Å². The van der Waals surface area contributed by atoms with Crippen LogP contribution in [0.1, 0.15) is 39.0 Å². The first kappa shape index (κ1) is 14.6. The van der Waals surface area contributed by atoms with Crippen molar-refractivity contribution in [3.63, 3.8) is 0 Å². The summed E-state index contributed by atoms with van der Waals surface area (Å²) in [6.45, 7) is 2.12. The first-order chi connectivity index (χ1) is 9.95. The summed E-state index contributed by atoms with van der Waals surface area (Å²) in [5.74, 6) is 1.00. The summed E-state index contributed by atoms with van der Waals surface area (Å²) < 4.78 is 0. The number of amides is 2. The average molecular weight is 296 g/mol. The van der Waals surface area contributed by atoms with Crippen molar-refractivity contribution in [1.82, 2.24) is 10.2 Å². The third-order valence-electron chi connectivity index (χ3n) is 5.61. The fourth-order valence-corrected chi connectivity index (χ4v) is 4.56. The number of likely N-dealkylation sites (tertiary alicyclic amines) is 1. The van der Waals surface area contributed by atoms with Crippen LogP contribution in [0, 0.1) is 17.8 Å². The average Bonchev–Trinajstić information content (AvgIpc) is 3.12. The largest absolute Gasteiger partial charge is 0.480 e. The quantitative estimate of drug-likeness (QED) is 0.726. The number of nitrogens with one attached hydrogen (secondary N) is 1. The molecule has 6 atom stereocenters. The molecule has 3 N–H and O–H groups in total. The van der Waals surface area contributed by atoms with Gasteiger partial charge in [0.25, 0.3) is 0 Å². The molecule has 1 aliphatic heterocycles. The Morgan fingerprint density at radius 1 is 1.24 bits per heavy atom. The van der Waals surface area contributed by atoms with Crippen molar-refractivity contribution in [2.75, 3.05) is 6.54 Å². The highest BCUT2D eigenvalue weighted by Crippen LogP contribution is 2.49. The van der Waals surface area contributed by atoms with Crippen LogP contribution in [0.2, 0.25) is 0 Å². The van der Waals surface area contributed by atoms with Gasteiger partial charge in [0.2, 0.25) is 0 Å². The molecular weight excluding hydrogens is 272 g/mol. The van der Waals surface area contributed by atoms with Gasteiger partial charge in [0.05, 0.1) is 6.10 Å². The second kappa shape index (κ2) is 5.48. The molecule has 0 aromatic carbocycles. The van der Waals surface area contributed by atoms with Gasteiger partial charge in [0, 0.05) is 19.0 Å². The van der Waals surface area contributed by atoms with Gasteiger partial charge in [0.15, 0.2) is 0 Å². The second-order valence-corrected chi connectivity index (χ2v) is 6.97. The standard InChI is InChI=1S/C15H24N2O4/c1-8(12-5-9-2-3-10(12)4-9)16-15(21)17-7-11(18)6-13(17)14(19)20/h8-13,18H,2-7H2,1H3,(H,16,21)(H,19,20)/t8?,9?,10?,11?,12?,13-/m0/s1. The third kappa shape index (κ3) is 2.73. The van der Waals surface area contributed by atoms with E-state index in [1.807, 2.05) is 6.92 Å². The number of hydrogen-bond acceptors (Lipinski definition) is 3. The number of carboxylic acid groups (broad SMARTS) is 1. The number of carboxylic acids is 1. The Kier molecular flexibility index (Phi) is 3.82. The number of fused-ring (bicyclic) bond motifs is 2. The molecule has 3 rings (SSSR count). The molecular formula is C15H24N2O4. The van der Waals surface area contributed by atoms with Crippen molar-refractivity contribution in [3.8, 4) is 0 Å². The highest BCUT2D eigenvalue weighted by atomic mass is 16.4. The molecule has 2 aliphatic carbocycles. The van der Waals surface area contributed by atoms with Gasteiger partial charge in [-0.25, -0.2) is 9.59 Å². The Hall–Kier alpha value is -1.30. The van der Waals surface area contributed by atoms with E-state index in [0.717, 1.165) is 5.92 Å². The van der Waals surface area contributed by atoms with Crippen LogP contribution in [0.5, 0.6) is 0 Å². The third-order valence-corrected chi connectivity index (χ3v) is 5.61. The number of rotatable bonds is 3. The number of carbonyl (C=O) groups excluding carboxylic acids is 1. The molecule has 1 heterocycles. The summed E-state index contributed by atoms with van der Waals surface area (Å²) >= 11 is 0. The minimum Gasteiger partial charge on any atom is -0.480 e. The Labute approximate surface area is 124 Å². The van der Waals surface area contributed by atoms with Crippen molar-refractivity contribution < 1.29 is 19.8 Å². The van der Waals surface area contributed by atoms with Crippen LogP contribution in [0.4, 0.5) is 4.79 Å². The van der Waals surface area contributed by atoms with E-state index in [2.05, 4.69) is 5.32 Å². The molecule has 2 saturated carbocycles. The molecule has 21 heavy (non-hydrogen) atoms. The Bertz CT molecular complexity index is 441. The van der Waals surface area contributed by atoms with E-state index in [-0.39, 0.29) is 25.0 Å². The van der Waals surface area contributed by atoms with Gasteiger partial charge < -0.3 is 20.4 Å². The van der Waals surface area contributed by atoms with Crippen molar-refractivity contribution >= 4 is 12.0 Å². The van der Waals surface area contributed by atoms with Gasteiger partial charge in [0.1, 0.15) is 6.04 Å². The highest BCUT2D eigenvalue weighted by molar-refractivity contribution is 5.83. The maximum absolute atomic E-state index is 12.3. The summed E-state index contributed by atoms with van der Waals surface area (Å²) in [6.07, 6.45) is 4.42. The zero-order valence-electron chi connectivity index (χ0n) is 12.4. The van der Waals surface area contributed by atoms with Crippen LogP contribution in [-0.4, -0.2) is 51.8 Å². The zero-order valence-corrected chi connectivity index (χ0v) is 12.4. The predicted octanol–water partition coefficient (Wildman–Crippen LogP) is 1.04. The molecule has 0 radical (unpaired) electrons. The first-order valence-corrected chi connectivity index (χ1v) is 7.93. The molecule has 118 valence electrons. The van der Waals surface area contributed by atoms with Crippen LogP contribution in [0.15, 0.2) is 0 Å². The molecule has 2 amide bonds. The number of aliphatic hydroxyl groups is 1. The minimum atomic E-state index is -1.05. The van der Waals surface area contributed by atoms with Crippen LogP contribution in [0.3, 0.4) is 0 Å². The topological polar surface area (TPSA) is 89.9 Å². The monoisotopic (exact) mass is 296 g/mol. The van der Waals surface area contributed by atoms with Crippen molar-refractivity contribution in [2.24, 2.45) is 17.8 Å². The van der Waals surface area contributed by atoms with Crippen LogP contribution in [-0.2, 0) is 4.79 Å². The summed E-state index contributed by atoms with van der Waals surface area (Å²) in [4.78, 5) is 24.8. The number of aliphatic hydroxyl groups excluding tert-OH is 1. The minimum absolute atomic E-state index is 0.0694. The molecule has 2 bridgehead atoms. The second-order valence-electron chi connectivity index (χ2n) is 6.97. The van der Waals surface area contributed by atoms with E-state index in [9.17, 15) is 14.7 Å². The van der Waals surface area contributed by atoms with Gasteiger partial charge in [-0.2, -0.15) is 0 Å². The molecule has 0 aromatic rings. The number of carbonyl (C=O) groups is 2. The lowest BCUT2D eigenvalue weighted by Gasteiger charge is -2.31. The Balaban J connectivity index is 1.59. The predicted molar refractivity (Wildman–Crippen MR) is 75.7 cm³/mol. The van der Waals surface area contributed by atoms with E-state index in [4.69, 9.17) is 5.11 Å². The zero-order chi connectivity index (χ0) is 15.1. The number of aliphatic carboxylic acids is 1. The first-order valence-electron chi connectivity index (χ1n) is 7.93. The van der Waals surface area contributed by atoms with Crippen LogP contribution in [0.25, 0.3) is 0 Å². The number of β-amino-alcohol motifs (C(OH)–C–C–N with tert-alkyl or cyclic N) is 1. The van der Waals surface area contributed by atoms with Crippen molar-refractivity contribution in [2.45, 2.75) is 57.2 Å². The highest BCUT2D eigenvalue weighted by Gasteiger charge is 2.44. The Morgan fingerprint density at radius 3 is 2.57 bits per heavy atom. The van der Waals surface area contributed by atoms with Crippen LogP contribution >= 0.6 is 0 Å². The van der Waals surface area contributed by atoms with E-state index < -0.39 is 18.1 Å². The van der Waals surface area contributed by atoms with Gasteiger partial charge in [-0.1, -0.05) is 6.42 Å². The number of urea groups is 1. The molecule has 0 spiro atoms. The number of hydrogen-bond donors (Lipinski definition) is 3. The van der Waals surface area contributed by atoms with Crippen molar-refractivity contribution in [1.29, 1.82) is 0 Å². The van der Waals surface area contributed by atoms with Gasteiger partial charge in [-0.3, -0.25) is 0 Å². The fraction of sp³-hybridized carbons (Fsp3) is 0.867. The molecule has 6 nitrogen and oxygen atoms in total. The maximum atomic E-state index is 12.3. The lowest BCUT2D eigenvalue weighted by Crippen LogP contribution is -2.50. The SMILES string of the molecule is CC(NC(=O)N1CC(O)C[C@H]1C(=O)O)C1CC2CCC1C2. The lowest BCUT2D eigenvalue weighted by molar-refractivity contribution is -0.141. The summed E-state index contributed by atoms with van der Waals surface area (Å²) in [6, 6.07) is -1.19. The fourth-order valence-electron chi connectivity index (χ4n) is 4.56. The lowest BCUT2D eigenvalue weighted by atomic mass is 9.84. The molecule has 1 saturated heterocycles. The summed E-state index contributed by atoms with van der Waals surface area (Å²) in [7, 11) is 0. The normalized spacial score (nSPS) is 39.5. The van der Waals surface area contributed by atoms with E-state index in [1.54, 1.807) is 0 Å². The molecule has 5 unspecified atom stereocenters. The van der Waals surface area contributed by atoms with E-state index >= 15 is 0 Å². The molecule has 3 aliphatic rings. The van der Waals surface area contributed by atoms with Gasteiger partial charge in [-0.05, 0) is 43.9 Å². The van der Waals surface area contributed by atoms with Gasteiger partial charge >= 0.3 is 12.0 Å². The van der Waals surface area contributed by atoms with Gasteiger partial charge in [-0.15, -0.1) is 0 Å². The summed E-state index contributed by atoms with van der Waals surface area (Å²) in [5.41, 5.74) is 0. The van der Waals surface area contributed by atoms with E-state index in [0.29, 0.717) is 11.8 Å². The van der Waals surface area contributed by atoms with Crippen molar-refractivity contribution in [3.05, 3.63) is 0 Å². The maximum Gasteiger partial charge on any atom is 0.326 e. The summed E-state index contributed by atoms with van der Waals surface area (Å²) in [5, 5.41) is 21.7. The molecule has 6 heteroatoms. The molecule has 0 aromatic heterocycles. The molecule has 3 fully saturated rings. The smallest absolute Gasteiger partial charge is 0.326 e. The van der Waals surface area contributed by atoms with E-state index in [1.165, 1.54) is 30.6 Å². The number of nitrogens with zero attached hydrogens (tertiary/aromatic N) is 1.